The Balaban J connectivity index is 2.08. The number of unbranched alkanes of at least 4 members (excludes halogenated alkanes) is 1. The van der Waals surface area contributed by atoms with Crippen molar-refractivity contribution in [3.8, 4) is 0 Å². The molecule has 0 heterocycles. The Hall–Kier alpha value is -3.03. The molecule has 162 valence electrons. The van der Waals surface area contributed by atoms with Gasteiger partial charge in [0.15, 0.2) is 0 Å². The quantitative estimate of drug-likeness (QED) is 0.645. The molecule has 30 heavy (non-hydrogen) atoms. The number of alkyl halides is 3. The first-order valence-electron chi connectivity index (χ1n) is 9.69. The first-order chi connectivity index (χ1) is 14.1. The summed E-state index contributed by atoms with van der Waals surface area (Å²) >= 11 is 0. The van der Waals surface area contributed by atoms with Crippen LogP contribution in [0.3, 0.4) is 0 Å². The summed E-state index contributed by atoms with van der Waals surface area (Å²) < 4.78 is 36.9. The first kappa shape index (κ1) is 23.3. The van der Waals surface area contributed by atoms with E-state index in [-0.39, 0.29) is 11.5 Å². The molecule has 0 saturated carbocycles. The molecule has 0 bridgehead atoms. The van der Waals surface area contributed by atoms with E-state index in [4.69, 9.17) is 0 Å². The van der Waals surface area contributed by atoms with E-state index in [1.54, 1.807) is 25.1 Å². The van der Waals surface area contributed by atoms with Crippen molar-refractivity contribution in [3.05, 3.63) is 59.2 Å². The summed E-state index contributed by atoms with van der Waals surface area (Å²) in [4.78, 5) is 26.7. The maximum atomic E-state index is 12.6. The number of nitrogens with zero attached hydrogens (tertiary/aromatic N) is 1. The lowest BCUT2D eigenvalue weighted by Gasteiger charge is -2.19. The normalized spacial score (nSPS) is 11.1. The largest absolute Gasteiger partial charge is 0.405 e. The molecular weight excluding hydrogens is 395 g/mol. The van der Waals surface area contributed by atoms with E-state index in [0.717, 1.165) is 25.1 Å². The van der Waals surface area contributed by atoms with Crippen LogP contribution in [0.2, 0.25) is 0 Å². The number of aryl methyl sites for hydroxylation is 1. The van der Waals surface area contributed by atoms with Crippen molar-refractivity contribution < 1.29 is 22.8 Å². The standard InChI is InChI=1S/C22H26F3N3O2/c1-4-5-12-28(3)18-10-8-16(9-11-18)21(30)27-19-13-17(7-6-15(19)2)20(29)26-14-22(23,24)25/h6-11,13H,4-5,12,14H2,1-3H3,(H,26,29)(H,27,30). The summed E-state index contributed by atoms with van der Waals surface area (Å²) in [7, 11) is 1.99. The van der Waals surface area contributed by atoms with Gasteiger partial charge in [0.1, 0.15) is 6.54 Å². The van der Waals surface area contributed by atoms with Gasteiger partial charge in [0, 0.05) is 36.1 Å². The molecule has 5 nitrogen and oxygen atoms in total. The van der Waals surface area contributed by atoms with E-state index >= 15 is 0 Å². The van der Waals surface area contributed by atoms with Crippen LogP contribution in [0.25, 0.3) is 0 Å². The van der Waals surface area contributed by atoms with Crippen LogP contribution >= 0.6 is 0 Å². The van der Waals surface area contributed by atoms with Gasteiger partial charge in [0.2, 0.25) is 0 Å². The smallest absolute Gasteiger partial charge is 0.375 e. The van der Waals surface area contributed by atoms with Crippen molar-refractivity contribution in [2.24, 2.45) is 0 Å². The Bertz CT molecular complexity index is 880. The Kier molecular flexibility index (Phi) is 7.86. The fraction of sp³-hybridized carbons (Fsp3) is 0.364. The number of anilines is 2. The maximum Gasteiger partial charge on any atom is 0.405 e. The van der Waals surface area contributed by atoms with Crippen LogP contribution in [0, 0.1) is 6.92 Å². The van der Waals surface area contributed by atoms with Crippen molar-refractivity contribution in [2.45, 2.75) is 32.9 Å². The molecule has 2 rings (SSSR count). The van der Waals surface area contributed by atoms with Gasteiger partial charge in [-0.15, -0.1) is 0 Å². The third-order valence-electron chi connectivity index (χ3n) is 4.61. The zero-order valence-corrected chi connectivity index (χ0v) is 17.3. The van der Waals surface area contributed by atoms with Crippen molar-refractivity contribution in [1.82, 2.24) is 5.32 Å². The average Bonchev–Trinajstić information content (AvgIpc) is 2.71. The fourth-order valence-corrected chi connectivity index (χ4v) is 2.77. The van der Waals surface area contributed by atoms with Crippen LogP contribution in [0.4, 0.5) is 24.5 Å². The van der Waals surface area contributed by atoms with Gasteiger partial charge in [0.25, 0.3) is 11.8 Å². The number of carbonyl (C=O) groups is 2. The highest BCUT2D eigenvalue weighted by Gasteiger charge is 2.28. The molecule has 0 atom stereocenters. The zero-order valence-electron chi connectivity index (χ0n) is 17.3. The molecule has 0 unspecified atom stereocenters. The van der Waals surface area contributed by atoms with Crippen molar-refractivity contribution in [3.63, 3.8) is 0 Å². The summed E-state index contributed by atoms with van der Waals surface area (Å²) in [5, 5.41) is 4.54. The van der Waals surface area contributed by atoms with Crippen LogP contribution in [-0.4, -0.2) is 38.1 Å². The van der Waals surface area contributed by atoms with Gasteiger partial charge < -0.3 is 15.5 Å². The Morgan fingerprint density at radius 1 is 1.00 bits per heavy atom. The molecule has 8 heteroatoms. The zero-order chi connectivity index (χ0) is 22.3. The average molecular weight is 421 g/mol. The van der Waals surface area contributed by atoms with E-state index in [1.165, 1.54) is 12.1 Å². The number of amides is 2. The van der Waals surface area contributed by atoms with E-state index in [0.29, 0.717) is 16.8 Å². The number of nitrogens with one attached hydrogen (secondary N) is 2. The van der Waals surface area contributed by atoms with Crippen LogP contribution in [0.5, 0.6) is 0 Å². The minimum absolute atomic E-state index is 0.0352. The van der Waals surface area contributed by atoms with Crippen LogP contribution in [0.1, 0.15) is 46.0 Å². The number of carbonyl (C=O) groups excluding carboxylic acids is 2. The number of rotatable bonds is 8. The molecule has 0 fully saturated rings. The molecule has 2 N–H and O–H groups in total. The molecule has 2 amide bonds. The fourth-order valence-electron chi connectivity index (χ4n) is 2.77. The van der Waals surface area contributed by atoms with Crippen LogP contribution < -0.4 is 15.5 Å². The van der Waals surface area contributed by atoms with Crippen molar-refractivity contribution >= 4 is 23.2 Å². The number of halogens is 3. The lowest BCUT2D eigenvalue weighted by atomic mass is 10.1. The predicted molar refractivity (Wildman–Crippen MR) is 112 cm³/mol. The predicted octanol–water partition coefficient (Wildman–Crippen LogP) is 4.78. The molecule has 0 aromatic heterocycles. The summed E-state index contributed by atoms with van der Waals surface area (Å²) in [6.07, 6.45) is -2.32. The number of hydrogen-bond donors (Lipinski definition) is 2. The monoisotopic (exact) mass is 421 g/mol. The van der Waals surface area contributed by atoms with Gasteiger partial charge in [-0.25, -0.2) is 0 Å². The molecule has 2 aromatic carbocycles. The Labute approximate surface area is 174 Å². The van der Waals surface area contributed by atoms with Gasteiger partial charge >= 0.3 is 6.18 Å². The third-order valence-corrected chi connectivity index (χ3v) is 4.61. The van der Waals surface area contributed by atoms with Gasteiger partial charge in [-0.2, -0.15) is 13.2 Å². The second kappa shape index (κ2) is 10.1. The first-order valence-corrected chi connectivity index (χ1v) is 9.69. The molecule has 0 aliphatic carbocycles. The summed E-state index contributed by atoms with van der Waals surface area (Å²) in [6.45, 7) is 3.36. The molecule has 2 aromatic rings. The Morgan fingerprint density at radius 3 is 2.23 bits per heavy atom. The lowest BCUT2D eigenvalue weighted by molar-refractivity contribution is -0.123. The summed E-state index contributed by atoms with van der Waals surface area (Å²) in [5.41, 5.74) is 2.52. The lowest BCUT2D eigenvalue weighted by Crippen LogP contribution is -2.33. The molecule has 0 radical (unpaired) electrons. The Morgan fingerprint density at radius 2 is 1.63 bits per heavy atom. The van der Waals surface area contributed by atoms with E-state index in [1.807, 2.05) is 24.5 Å². The van der Waals surface area contributed by atoms with E-state index in [2.05, 4.69) is 17.1 Å². The minimum Gasteiger partial charge on any atom is -0.375 e. The molecule has 0 spiro atoms. The minimum atomic E-state index is -4.49. The number of benzene rings is 2. The van der Waals surface area contributed by atoms with Gasteiger partial charge in [-0.05, 0) is 55.3 Å². The van der Waals surface area contributed by atoms with Crippen molar-refractivity contribution in [1.29, 1.82) is 0 Å². The second-order valence-corrected chi connectivity index (χ2v) is 7.10. The maximum absolute atomic E-state index is 12.6. The third kappa shape index (κ3) is 6.79. The highest BCUT2D eigenvalue weighted by atomic mass is 19.4. The van der Waals surface area contributed by atoms with Gasteiger partial charge in [-0.1, -0.05) is 19.4 Å². The van der Waals surface area contributed by atoms with Gasteiger partial charge in [0.05, 0.1) is 0 Å². The molecule has 0 aliphatic heterocycles. The van der Waals surface area contributed by atoms with Crippen LogP contribution in [0.15, 0.2) is 42.5 Å². The SMILES string of the molecule is CCCCN(C)c1ccc(C(=O)Nc2cc(C(=O)NCC(F)(F)F)ccc2C)cc1. The summed E-state index contributed by atoms with van der Waals surface area (Å²) in [6, 6.07) is 11.5. The second-order valence-electron chi connectivity index (χ2n) is 7.10. The number of hydrogen-bond acceptors (Lipinski definition) is 3. The highest BCUT2D eigenvalue weighted by Crippen LogP contribution is 2.20. The molecule has 0 saturated heterocycles. The molecule has 0 aliphatic rings. The van der Waals surface area contributed by atoms with Crippen LogP contribution in [-0.2, 0) is 0 Å². The van der Waals surface area contributed by atoms with E-state index in [9.17, 15) is 22.8 Å². The topological polar surface area (TPSA) is 61.4 Å². The summed E-state index contributed by atoms with van der Waals surface area (Å²) in [5.74, 6) is -1.23. The van der Waals surface area contributed by atoms with Gasteiger partial charge in [-0.3, -0.25) is 9.59 Å². The van der Waals surface area contributed by atoms with E-state index < -0.39 is 18.6 Å². The highest BCUT2D eigenvalue weighted by molar-refractivity contribution is 6.05. The van der Waals surface area contributed by atoms with Crippen molar-refractivity contribution in [2.75, 3.05) is 30.4 Å². The molecular formula is C22H26F3N3O2.